The van der Waals surface area contributed by atoms with E-state index in [0.717, 1.165) is 6.42 Å². The summed E-state index contributed by atoms with van der Waals surface area (Å²) >= 11 is 0. The van der Waals surface area contributed by atoms with E-state index in [1.165, 1.54) is 12.8 Å². The molecule has 0 atom stereocenters. The monoisotopic (exact) mass is 296 g/mol. The minimum atomic E-state index is 0. The van der Waals surface area contributed by atoms with Gasteiger partial charge in [0.2, 0.25) is 0 Å². The van der Waals surface area contributed by atoms with Crippen LogP contribution in [-0.4, -0.2) is 0 Å². The van der Waals surface area contributed by atoms with Crippen molar-refractivity contribution in [3.8, 4) is 0 Å². The molecule has 1 nitrogen and oxygen atoms in total. The first-order chi connectivity index (χ1) is 2.41. The molecule has 0 rings (SSSR count). The van der Waals surface area contributed by atoms with Gasteiger partial charge in [0.25, 0.3) is 0 Å². The van der Waals surface area contributed by atoms with Crippen LogP contribution >= 0.6 is 0 Å². The standard InChI is InChI=1S/C5H11.CH3.Ir.H3N/c1-3-5-4-2;;;/h1,3-5H2,2H3;1H3;;1H3/q2*-1;;. The van der Waals surface area contributed by atoms with Gasteiger partial charge in [0.15, 0.2) is 0 Å². The second-order valence-electron chi connectivity index (χ2n) is 1.21. The van der Waals surface area contributed by atoms with Crippen LogP contribution in [0.4, 0.5) is 0 Å². The average Bonchev–Trinajstić information content (AvgIpc) is 1.41. The summed E-state index contributed by atoms with van der Waals surface area (Å²) in [5.74, 6) is 0. The van der Waals surface area contributed by atoms with Gasteiger partial charge in [-0.05, 0) is 0 Å². The predicted octanol–water partition coefficient (Wildman–Crippen LogP) is 2.62. The van der Waals surface area contributed by atoms with Crippen LogP contribution in [0.2, 0.25) is 0 Å². The Labute approximate surface area is 67.2 Å². The fourth-order valence-electron chi connectivity index (χ4n) is 0.250. The number of hydrogen-bond donors (Lipinski definition) is 1. The third kappa shape index (κ3) is 30.5. The normalized spacial score (nSPS) is 5.25. The molecule has 8 heavy (non-hydrogen) atoms. The maximum absolute atomic E-state index is 3.68. The molecule has 0 amide bonds. The molecule has 3 N–H and O–H groups in total. The van der Waals surface area contributed by atoms with E-state index in [2.05, 4.69) is 13.8 Å². The third-order valence-electron chi connectivity index (χ3n) is 0.604. The summed E-state index contributed by atoms with van der Waals surface area (Å²) in [4.78, 5) is 0. The van der Waals surface area contributed by atoms with Crippen LogP contribution in [-0.2, 0) is 20.1 Å². The van der Waals surface area contributed by atoms with Gasteiger partial charge in [-0.15, -0.1) is 0 Å². The summed E-state index contributed by atoms with van der Waals surface area (Å²) in [7, 11) is 0. The second-order valence-corrected chi connectivity index (χ2v) is 1.21. The molecular weight excluding hydrogens is 278 g/mol. The summed E-state index contributed by atoms with van der Waals surface area (Å²) in [6.45, 7) is 5.85. The zero-order valence-corrected chi connectivity index (χ0v) is 8.26. The Bertz CT molecular complexity index is 16.0. The van der Waals surface area contributed by atoms with Gasteiger partial charge in [-0.25, -0.2) is 0 Å². The van der Waals surface area contributed by atoms with Crippen molar-refractivity contribution in [2.75, 3.05) is 0 Å². The smallest absolute Gasteiger partial charge is 0 e. The topological polar surface area (TPSA) is 35.0 Å². The van der Waals surface area contributed by atoms with Gasteiger partial charge in [0.1, 0.15) is 0 Å². The minimum absolute atomic E-state index is 0. The summed E-state index contributed by atoms with van der Waals surface area (Å²) in [5.41, 5.74) is 0. The summed E-state index contributed by atoms with van der Waals surface area (Å²) in [5, 5.41) is 0. The van der Waals surface area contributed by atoms with Gasteiger partial charge >= 0.3 is 0 Å². The van der Waals surface area contributed by atoms with Crippen molar-refractivity contribution >= 4 is 0 Å². The van der Waals surface area contributed by atoms with Crippen LogP contribution in [0.1, 0.15) is 26.2 Å². The zero-order valence-electron chi connectivity index (χ0n) is 5.87. The summed E-state index contributed by atoms with van der Waals surface area (Å²) < 4.78 is 0. The molecule has 57 valence electrons. The van der Waals surface area contributed by atoms with E-state index in [9.17, 15) is 0 Å². The molecule has 0 saturated heterocycles. The molecule has 0 aliphatic heterocycles. The number of hydrogen-bond acceptors (Lipinski definition) is 1. The van der Waals surface area contributed by atoms with Gasteiger partial charge < -0.3 is 20.5 Å². The van der Waals surface area contributed by atoms with Crippen molar-refractivity contribution in [2.24, 2.45) is 0 Å². The van der Waals surface area contributed by atoms with Crippen molar-refractivity contribution in [2.45, 2.75) is 26.2 Å². The van der Waals surface area contributed by atoms with Crippen LogP contribution in [0.5, 0.6) is 0 Å². The van der Waals surface area contributed by atoms with Crippen molar-refractivity contribution in [3.05, 3.63) is 14.4 Å². The van der Waals surface area contributed by atoms with Crippen LogP contribution in [0.15, 0.2) is 0 Å². The molecule has 2 heteroatoms. The van der Waals surface area contributed by atoms with Gasteiger partial charge in [0.05, 0.1) is 0 Å². The first kappa shape index (κ1) is 23.5. The van der Waals surface area contributed by atoms with E-state index < -0.39 is 0 Å². The third-order valence-corrected chi connectivity index (χ3v) is 0.604. The Morgan fingerprint density at radius 1 is 1.38 bits per heavy atom. The van der Waals surface area contributed by atoms with Gasteiger partial charge in [-0.3, -0.25) is 0 Å². The largest absolute Gasteiger partial charge is 0.358 e. The maximum Gasteiger partial charge on any atom is 0 e. The molecule has 1 radical (unpaired) electrons. The Morgan fingerprint density at radius 3 is 1.75 bits per heavy atom. The first-order valence-electron chi connectivity index (χ1n) is 2.21. The number of unbranched alkanes of at least 4 members (excludes halogenated alkanes) is 2. The van der Waals surface area contributed by atoms with E-state index >= 15 is 0 Å². The van der Waals surface area contributed by atoms with Crippen molar-refractivity contribution in [3.63, 3.8) is 0 Å². The van der Waals surface area contributed by atoms with Crippen molar-refractivity contribution < 1.29 is 20.1 Å². The van der Waals surface area contributed by atoms with E-state index in [-0.39, 0.29) is 33.7 Å². The Hall–Kier alpha value is 0.609. The number of rotatable bonds is 2. The Kier molecular flexibility index (Phi) is 74.8. The van der Waals surface area contributed by atoms with Crippen LogP contribution in [0.3, 0.4) is 0 Å². The average molecular weight is 295 g/mol. The Balaban J connectivity index is -0.0000000267. The molecule has 0 heterocycles. The molecule has 0 aromatic carbocycles. The molecule has 0 saturated carbocycles. The van der Waals surface area contributed by atoms with Gasteiger partial charge in [0, 0.05) is 20.1 Å². The van der Waals surface area contributed by atoms with E-state index in [4.69, 9.17) is 0 Å². The van der Waals surface area contributed by atoms with Crippen LogP contribution in [0, 0.1) is 14.4 Å². The predicted molar refractivity (Wildman–Crippen MR) is 36.3 cm³/mol. The molecular formula is C6H17IrN-2. The van der Waals surface area contributed by atoms with Crippen LogP contribution in [0.25, 0.3) is 0 Å². The maximum atomic E-state index is 3.68. The molecule has 0 fully saturated rings. The van der Waals surface area contributed by atoms with Crippen molar-refractivity contribution in [1.82, 2.24) is 6.15 Å². The van der Waals surface area contributed by atoms with E-state index in [1.54, 1.807) is 0 Å². The van der Waals surface area contributed by atoms with Crippen molar-refractivity contribution in [1.29, 1.82) is 0 Å². The van der Waals surface area contributed by atoms with Gasteiger partial charge in [-0.2, -0.15) is 6.42 Å². The molecule has 0 spiro atoms. The van der Waals surface area contributed by atoms with E-state index in [1.807, 2.05) is 0 Å². The quantitative estimate of drug-likeness (QED) is 0.781. The van der Waals surface area contributed by atoms with Gasteiger partial charge in [-0.1, -0.05) is 19.8 Å². The fraction of sp³-hybridized carbons (Fsp3) is 0.667. The summed E-state index contributed by atoms with van der Waals surface area (Å²) in [6.07, 6.45) is 3.65. The summed E-state index contributed by atoms with van der Waals surface area (Å²) in [6, 6.07) is 0. The van der Waals surface area contributed by atoms with E-state index in [0.29, 0.717) is 0 Å². The zero-order chi connectivity index (χ0) is 4.12. The Morgan fingerprint density at radius 2 is 1.75 bits per heavy atom. The molecule has 0 aromatic heterocycles. The molecule has 0 aromatic rings. The van der Waals surface area contributed by atoms with Crippen LogP contribution < -0.4 is 6.15 Å². The molecule has 0 aliphatic carbocycles. The fourth-order valence-corrected chi connectivity index (χ4v) is 0.250. The first-order valence-corrected chi connectivity index (χ1v) is 2.21. The minimum Gasteiger partial charge on any atom is -0.358 e. The molecule has 0 bridgehead atoms. The molecule has 0 unspecified atom stereocenters. The molecule has 0 aliphatic rings. The second kappa shape index (κ2) is 25.5. The SMILES string of the molecule is N.[CH2-]CCCC.[CH3-].[Ir].